The van der Waals surface area contributed by atoms with E-state index < -0.39 is 11.4 Å². The summed E-state index contributed by atoms with van der Waals surface area (Å²) < 4.78 is 15.6. The number of hydrogen-bond donors (Lipinski definition) is 1. The zero-order chi connectivity index (χ0) is 24.6. The minimum absolute atomic E-state index is 0.0341. The first-order valence-electron chi connectivity index (χ1n) is 12.9. The first-order chi connectivity index (χ1) is 17.4. The monoisotopic (exact) mass is 485 g/mol. The van der Waals surface area contributed by atoms with Crippen molar-refractivity contribution < 1.29 is 19.1 Å². The molecule has 2 amide bonds. The van der Waals surface area contributed by atoms with Crippen LogP contribution in [0.3, 0.4) is 0 Å². The van der Waals surface area contributed by atoms with Crippen molar-refractivity contribution in [1.82, 2.24) is 9.80 Å². The van der Waals surface area contributed by atoms with Gasteiger partial charge in [0.15, 0.2) is 0 Å². The second kappa shape index (κ2) is 7.76. The maximum absolute atomic E-state index is 15.6. The van der Waals surface area contributed by atoms with E-state index in [1.165, 1.54) is 6.07 Å². The van der Waals surface area contributed by atoms with Crippen molar-refractivity contribution in [3.8, 4) is 0 Å². The maximum atomic E-state index is 15.6. The Labute approximate surface area is 209 Å². The lowest BCUT2D eigenvalue weighted by Crippen LogP contribution is -2.55. The first kappa shape index (κ1) is 21.8. The number of benzene rings is 1. The van der Waals surface area contributed by atoms with Gasteiger partial charge in [-0.25, -0.2) is 4.39 Å². The lowest BCUT2D eigenvalue weighted by atomic mass is 9.81. The molecule has 1 aromatic rings. The van der Waals surface area contributed by atoms with Gasteiger partial charge in [-0.2, -0.15) is 0 Å². The van der Waals surface area contributed by atoms with Gasteiger partial charge in [-0.1, -0.05) is 30.4 Å². The first-order valence-corrected chi connectivity index (χ1v) is 12.9. The number of carbonyl (C=O) groups excluding carboxylic acids is 2. The Kier molecular flexibility index (Phi) is 4.69. The standard InChI is InChI=1S/C29H28FN3O3/c30-24-13-21(20-7-4-18-2-1-3-25(34)23(18)12-20)8-9-22(24)26-31-29(10-11-29)28(36)33(26)16-17-14-32(15-17)27(35)19-5-6-19/h1-4,7-9,13,17,19,23,34H,5-6,10-12,14-16H2. The Hall–Kier alpha value is -3.48. The molecule has 6 aliphatic rings. The van der Waals surface area contributed by atoms with E-state index in [9.17, 15) is 14.7 Å². The molecule has 1 saturated heterocycles. The Balaban J connectivity index is 1.11. The van der Waals surface area contributed by atoms with Crippen LogP contribution in [-0.2, 0) is 9.59 Å². The van der Waals surface area contributed by atoms with E-state index in [0.29, 0.717) is 56.1 Å². The molecule has 3 fully saturated rings. The summed E-state index contributed by atoms with van der Waals surface area (Å²) >= 11 is 0. The molecule has 36 heavy (non-hydrogen) atoms. The predicted molar refractivity (Wildman–Crippen MR) is 133 cm³/mol. The van der Waals surface area contributed by atoms with Crippen LogP contribution < -0.4 is 0 Å². The molecule has 2 heterocycles. The van der Waals surface area contributed by atoms with Crippen molar-refractivity contribution in [1.29, 1.82) is 0 Å². The van der Waals surface area contributed by atoms with Crippen LogP contribution in [0.1, 0.15) is 43.2 Å². The summed E-state index contributed by atoms with van der Waals surface area (Å²) in [7, 11) is 0. The van der Waals surface area contributed by atoms with E-state index in [0.717, 1.165) is 29.6 Å². The number of likely N-dealkylation sites (tertiary alicyclic amines) is 1. The van der Waals surface area contributed by atoms with Crippen LogP contribution in [-0.4, -0.2) is 57.7 Å². The van der Waals surface area contributed by atoms with Crippen molar-refractivity contribution in [2.45, 2.75) is 37.6 Å². The highest BCUT2D eigenvalue weighted by Crippen LogP contribution is 2.47. The summed E-state index contributed by atoms with van der Waals surface area (Å²) in [6.45, 7) is 1.78. The number of amidine groups is 1. The van der Waals surface area contributed by atoms with E-state index in [-0.39, 0.29) is 29.6 Å². The molecule has 6 nitrogen and oxygen atoms in total. The summed E-state index contributed by atoms with van der Waals surface area (Å²) in [6, 6.07) is 5.12. The lowest BCUT2D eigenvalue weighted by Gasteiger charge is -2.41. The molecule has 7 heteroatoms. The number of fused-ring (bicyclic) bond motifs is 1. The fraction of sp³-hybridized carbons (Fsp3) is 0.414. The third-order valence-electron chi connectivity index (χ3n) is 8.38. The van der Waals surface area contributed by atoms with Gasteiger partial charge in [0, 0.05) is 37.4 Å². The van der Waals surface area contributed by atoms with Crippen molar-refractivity contribution in [3.63, 3.8) is 0 Å². The lowest BCUT2D eigenvalue weighted by molar-refractivity contribution is -0.139. The Morgan fingerprint density at radius 2 is 1.97 bits per heavy atom. The zero-order valence-electron chi connectivity index (χ0n) is 20.0. The SMILES string of the molecule is O=C(C1CC1)N1CC(CN2C(=O)C3(CC3)N=C2c2ccc(C3=CC=C4C=CC=C(O)C4C3)cc2F)C1. The molecule has 1 N–H and O–H groups in total. The number of nitrogens with zero attached hydrogens (tertiary/aromatic N) is 3. The van der Waals surface area contributed by atoms with Gasteiger partial charge in [0.25, 0.3) is 5.91 Å². The second-order valence-electron chi connectivity index (χ2n) is 11.0. The molecule has 1 unspecified atom stereocenters. The fourth-order valence-electron chi connectivity index (χ4n) is 5.84. The molecular weight excluding hydrogens is 457 g/mol. The normalized spacial score (nSPS) is 26.2. The number of amides is 2. The number of carbonyl (C=O) groups is 2. The minimum Gasteiger partial charge on any atom is -0.512 e. The zero-order valence-corrected chi connectivity index (χ0v) is 20.0. The highest BCUT2D eigenvalue weighted by molar-refractivity contribution is 6.16. The molecule has 2 saturated carbocycles. The summed E-state index contributed by atoms with van der Waals surface area (Å²) in [5, 5.41) is 10.3. The quantitative estimate of drug-likeness (QED) is 0.681. The Morgan fingerprint density at radius 1 is 1.17 bits per heavy atom. The van der Waals surface area contributed by atoms with E-state index >= 15 is 4.39 Å². The van der Waals surface area contributed by atoms with Crippen LogP contribution in [0.2, 0.25) is 0 Å². The molecule has 1 atom stereocenters. The van der Waals surface area contributed by atoms with Crippen LogP contribution in [0.4, 0.5) is 4.39 Å². The molecule has 0 bridgehead atoms. The van der Waals surface area contributed by atoms with Gasteiger partial charge in [-0.3, -0.25) is 19.5 Å². The largest absolute Gasteiger partial charge is 0.512 e. The number of rotatable bonds is 5. The summed E-state index contributed by atoms with van der Waals surface area (Å²) in [6.07, 6.45) is 13.5. The van der Waals surface area contributed by atoms with Gasteiger partial charge in [0.1, 0.15) is 23.0 Å². The Bertz CT molecular complexity index is 1340. The molecule has 2 aliphatic heterocycles. The van der Waals surface area contributed by atoms with Crippen molar-refractivity contribution in [2.24, 2.45) is 22.7 Å². The maximum Gasteiger partial charge on any atom is 0.256 e. The van der Waals surface area contributed by atoms with Crippen LogP contribution in [0, 0.1) is 23.6 Å². The number of hydrogen-bond acceptors (Lipinski definition) is 4. The smallest absolute Gasteiger partial charge is 0.256 e. The number of aliphatic hydroxyl groups excluding tert-OH is 1. The van der Waals surface area contributed by atoms with E-state index in [4.69, 9.17) is 4.99 Å². The van der Waals surface area contributed by atoms with Crippen molar-refractivity contribution in [2.75, 3.05) is 19.6 Å². The van der Waals surface area contributed by atoms with Crippen molar-refractivity contribution >= 4 is 23.2 Å². The van der Waals surface area contributed by atoms with Gasteiger partial charge in [0.05, 0.1) is 5.56 Å². The molecule has 0 radical (unpaired) electrons. The Morgan fingerprint density at radius 3 is 2.69 bits per heavy atom. The van der Waals surface area contributed by atoms with Crippen molar-refractivity contribution in [3.05, 3.63) is 76.9 Å². The summed E-state index contributed by atoms with van der Waals surface area (Å²) in [4.78, 5) is 33.8. The highest BCUT2D eigenvalue weighted by atomic mass is 19.1. The third kappa shape index (κ3) is 3.47. The van der Waals surface area contributed by atoms with Crippen LogP contribution >= 0.6 is 0 Å². The van der Waals surface area contributed by atoms with Crippen LogP contribution in [0.25, 0.3) is 5.57 Å². The number of halogens is 1. The van der Waals surface area contributed by atoms with Gasteiger partial charge in [0.2, 0.25) is 5.91 Å². The highest BCUT2D eigenvalue weighted by Gasteiger charge is 2.58. The van der Waals surface area contributed by atoms with E-state index in [1.54, 1.807) is 17.0 Å². The molecule has 4 aliphatic carbocycles. The van der Waals surface area contributed by atoms with Crippen LogP contribution in [0.15, 0.2) is 64.9 Å². The molecule has 7 rings (SSSR count). The number of aliphatic hydroxyl groups is 1. The van der Waals surface area contributed by atoms with E-state index in [1.807, 2.05) is 35.3 Å². The molecule has 1 aromatic carbocycles. The average Bonchev–Trinajstić information content (AvgIpc) is 3.77. The molecule has 1 spiro atoms. The number of aliphatic imine (C=N–C) groups is 1. The molecule has 184 valence electrons. The topological polar surface area (TPSA) is 73.2 Å². The van der Waals surface area contributed by atoms with Gasteiger partial charge in [-0.15, -0.1) is 0 Å². The summed E-state index contributed by atoms with van der Waals surface area (Å²) in [5.74, 6) is 0.837. The molecular formula is C29H28FN3O3. The fourth-order valence-corrected chi connectivity index (χ4v) is 5.84. The minimum atomic E-state index is -0.709. The van der Waals surface area contributed by atoms with Gasteiger partial charge < -0.3 is 10.0 Å². The average molecular weight is 486 g/mol. The van der Waals surface area contributed by atoms with Gasteiger partial charge in [-0.05, 0) is 67.0 Å². The second-order valence-corrected chi connectivity index (χ2v) is 11.0. The molecule has 0 aromatic heterocycles. The summed E-state index contributed by atoms with van der Waals surface area (Å²) in [5.41, 5.74) is 2.41. The van der Waals surface area contributed by atoms with Crippen LogP contribution in [0.5, 0.6) is 0 Å². The van der Waals surface area contributed by atoms with E-state index in [2.05, 4.69) is 0 Å². The predicted octanol–water partition coefficient (Wildman–Crippen LogP) is 4.16. The third-order valence-corrected chi connectivity index (χ3v) is 8.38. The van der Waals surface area contributed by atoms with Gasteiger partial charge >= 0.3 is 0 Å². The number of allylic oxidation sites excluding steroid dienone is 7.